The van der Waals surface area contributed by atoms with Crippen LogP contribution in [0.4, 0.5) is 4.79 Å². The number of carbonyl (C=O) groups is 2. The molecule has 0 aromatic rings. The van der Waals surface area contributed by atoms with Crippen molar-refractivity contribution in [2.75, 3.05) is 26.2 Å². The molecule has 2 aliphatic rings. The van der Waals surface area contributed by atoms with Crippen LogP contribution in [0.2, 0.25) is 0 Å². The summed E-state index contributed by atoms with van der Waals surface area (Å²) in [5, 5.41) is 15.4. The van der Waals surface area contributed by atoms with E-state index in [4.69, 9.17) is 0 Å². The molecule has 2 atom stereocenters. The molecule has 6 nitrogen and oxygen atoms in total. The molecule has 2 rings (SSSR count). The SMILES string of the molecule is CCNC(=O)NC(=O)CN1CCC2(O)CCCCC2C1. The number of amides is 3. The fourth-order valence-electron chi connectivity index (χ4n) is 3.36. The molecule has 20 heavy (non-hydrogen) atoms. The van der Waals surface area contributed by atoms with Crippen LogP contribution in [0.1, 0.15) is 39.0 Å². The second-order valence-electron chi connectivity index (χ2n) is 5.94. The predicted octanol–water partition coefficient (Wildman–Crippen LogP) is 0.459. The molecular formula is C14H25N3O3. The first-order valence-electron chi connectivity index (χ1n) is 7.56. The standard InChI is InChI=1S/C14H25N3O3/c1-2-15-13(19)16-12(18)10-17-8-7-14(20)6-4-3-5-11(14)9-17/h11,20H,2-10H2,1H3,(H2,15,16,18,19). The molecule has 0 spiro atoms. The lowest BCUT2D eigenvalue weighted by Crippen LogP contribution is -2.55. The fraction of sp³-hybridized carbons (Fsp3) is 0.857. The average Bonchev–Trinajstić information content (AvgIpc) is 2.39. The number of rotatable bonds is 3. The minimum Gasteiger partial charge on any atom is -0.390 e. The summed E-state index contributed by atoms with van der Waals surface area (Å²) >= 11 is 0. The van der Waals surface area contributed by atoms with Crippen LogP contribution in [-0.4, -0.2) is 53.7 Å². The van der Waals surface area contributed by atoms with Gasteiger partial charge in [0.05, 0.1) is 12.1 Å². The van der Waals surface area contributed by atoms with E-state index in [1.165, 1.54) is 0 Å². The normalized spacial score (nSPS) is 30.4. The van der Waals surface area contributed by atoms with Gasteiger partial charge in [0.2, 0.25) is 5.91 Å². The zero-order valence-electron chi connectivity index (χ0n) is 12.2. The summed E-state index contributed by atoms with van der Waals surface area (Å²) in [6.07, 6.45) is 4.91. The van der Waals surface area contributed by atoms with Crippen molar-refractivity contribution in [3.63, 3.8) is 0 Å². The van der Waals surface area contributed by atoms with Gasteiger partial charge >= 0.3 is 6.03 Å². The number of fused-ring (bicyclic) bond motifs is 1. The molecule has 2 fully saturated rings. The Labute approximate surface area is 119 Å². The molecule has 0 aromatic carbocycles. The van der Waals surface area contributed by atoms with Gasteiger partial charge in [-0.05, 0) is 26.2 Å². The van der Waals surface area contributed by atoms with Crippen molar-refractivity contribution in [1.29, 1.82) is 0 Å². The van der Waals surface area contributed by atoms with Crippen molar-refractivity contribution in [2.45, 2.75) is 44.6 Å². The predicted molar refractivity (Wildman–Crippen MR) is 75.2 cm³/mol. The van der Waals surface area contributed by atoms with E-state index in [0.29, 0.717) is 6.54 Å². The van der Waals surface area contributed by atoms with Gasteiger partial charge in [-0.2, -0.15) is 0 Å². The molecule has 1 aliphatic carbocycles. The number of nitrogens with zero attached hydrogens (tertiary/aromatic N) is 1. The van der Waals surface area contributed by atoms with Crippen LogP contribution in [0.25, 0.3) is 0 Å². The average molecular weight is 283 g/mol. The van der Waals surface area contributed by atoms with Crippen molar-refractivity contribution in [1.82, 2.24) is 15.5 Å². The minimum atomic E-state index is -0.523. The van der Waals surface area contributed by atoms with Crippen LogP contribution >= 0.6 is 0 Å². The third-order valence-corrected chi connectivity index (χ3v) is 4.47. The van der Waals surface area contributed by atoms with E-state index < -0.39 is 11.6 Å². The summed E-state index contributed by atoms with van der Waals surface area (Å²) in [7, 11) is 0. The van der Waals surface area contributed by atoms with Gasteiger partial charge in [-0.1, -0.05) is 12.8 Å². The monoisotopic (exact) mass is 283 g/mol. The van der Waals surface area contributed by atoms with Crippen LogP contribution in [0, 0.1) is 5.92 Å². The molecule has 3 amide bonds. The lowest BCUT2D eigenvalue weighted by molar-refractivity contribution is -0.126. The third kappa shape index (κ3) is 3.70. The van der Waals surface area contributed by atoms with E-state index in [-0.39, 0.29) is 18.4 Å². The van der Waals surface area contributed by atoms with Gasteiger partial charge in [0.1, 0.15) is 0 Å². The second kappa shape index (κ2) is 6.54. The number of imide groups is 1. The van der Waals surface area contributed by atoms with E-state index in [1.807, 2.05) is 4.90 Å². The molecule has 1 aliphatic heterocycles. The van der Waals surface area contributed by atoms with E-state index in [2.05, 4.69) is 10.6 Å². The van der Waals surface area contributed by atoms with E-state index in [0.717, 1.165) is 45.2 Å². The van der Waals surface area contributed by atoms with Crippen LogP contribution in [0.15, 0.2) is 0 Å². The van der Waals surface area contributed by atoms with Crippen molar-refractivity contribution < 1.29 is 14.7 Å². The molecule has 1 saturated heterocycles. The van der Waals surface area contributed by atoms with Crippen LogP contribution in [0.5, 0.6) is 0 Å². The molecule has 114 valence electrons. The number of nitrogens with one attached hydrogen (secondary N) is 2. The topological polar surface area (TPSA) is 81.7 Å². The lowest BCUT2D eigenvalue weighted by Gasteiger charge is -2.47. The molecular weight excluding hydrogens is 258 g/mol. The summed E-state index contributed by atoms with van der Waals surface area (Å²) in [4.78, 5) is 25.1. The number of likely N-dealkylation sites (tertiary alicyclic amines) is 1. The Kier molecular flexibility index (Phi) is 4.99. The second-order valence-corrected chi connectivity index (χ2v) is 5.94. The summed E-state index contributed by atoms with van der Waals surface area (Å²) in [5.41, 5.74) is -0.523. The summed E-state index contributed by atoms with van der Waals surface area (Å²) in [6, 6.07) is -0.441. The molecule has 3 N–H and O–H groups in total. The first kappa shape index (κ1) is 15.3. The zero-order chi connectivity index (χ0) is 14.6. The smallest absolute Gasteiger partial charge is 0.321 e. The Balaban J connectivity index is 1.80. The van der Waals surface area contributed by atoms with Gasteiger partial charge < -0.3 is 10.4 Å². The summed E-state index contributed by atoms with van der Waals surface area (Å²) < 4.78 is 0. The quantitative estimate of drug-likeness (QED) is 0.703. The summed E-state index contributed by atoms with van der Waals surface area (Å²) in [6.45, 7) is 4.00. The lowest BCUT2D eigenvalue weighted by atomic mass is 9.71. The Bertz CT molecular complexity index is 375. The van der Waals surface area contributed by atoms with E-state index in [1.54, 1.807) is 6.92 Å². The first-order valence-corrected chi connectivity index (χ1v) is 7.56. The van der Waals surface area contributed by atoms with Crippen molar-refractivity contribution in [3.8, 4) is 0 Å². The highest BCUT2D eigenvalue weighted by atomic mass is 16.3. The first-order chi connectivity index (χ1) is 9.53. The van der Waals surface area contributed by atoms with Gasteiger partial charge in [-0.15, -0.1) is 0 Å². The maximum absolute atomic E-state index is 11.8. The maximum atomic E-state index is 11.8. The number of urea groups is 1. The molecule has 1 saturated carbocycles. The van der Waals surface area contributed by atoms with Crippen LogP contribution in [0.3, 0.4) is 0 Å². The van der Waals surface area contributed by atoms with Crippen LogP contribution < -0.4 is 10.6 Å². The number of hydrogen-bond donors (Lipinski definition) is 3. The van der Waals surface area contributed by atoms with Crippen molar-refractivity contribution in [2.24, 2.45) is 5.92 Å². The van der Waals surface area contributed by atoms with Gasteiger partial charge in [0.15, 0.2) is 0 Å². The Morgan fingerprint density at radius 2 is 2.15 bits per heavy atom. The van der Waals surface area contributed by atoms with Gasteiger partial charge in [0.25, 0.3) is 0 Å². The van der Waals surface area contributed by atoms with Crippen LogP contribution in [-0.2, 0) is 4.79 Å². The Morgan fingerprint density at radius 3 is 2.90 bits per heavy atom. The van der Waals surface area contributed by atoms with E-state index >= 15 is 0 Å². The molecule has 0 aromatic heterocycles. The highest BCUT2D eigenvalue weighted by Crippen LogP contribution is 2.39. The van der Waals surface area contributed by atoms with Gasteiger partial charge in [-0.3, -0.25) is 15.0 Å². The number of carbonyl (C=O) groups excluding carboxylic acids is 2. The highest BCUT2D eigenvalue weighted by molar-refractivity contribution is 5.95. The molecule has 0 bridgehead atoms. The van der Waals surface area contributed by atoms with E-state index in [9.17, 15) is 14.7 Å². The molecule has 0 radical (unpaired) electrons. The molecule has 1 heterocycles. The summed E-state index contributed by atoms with van der Waals surface area (Å²) in [5.74, 6) is -0.0144. The number of hydrogen-bond acceptors (Lipinski definition) is 4. The Hall–Kier alpha value is -1.14. The van der Waals surface area contributed by atoms with Crippen molar-refractivity contribution >= 4 is 11.9 Å². The largest absolute Gasteiger partial charge is 0.390 e. The zero-order valence-corrected chi connectivity index (χ0v) is 12.2. The maximum Gasteiger partial charge on any atom is 0.321 e. The highest BCUT2D eigenvalue weighted by Gasteiger charge is 2.42. The molecule has 6 heteroatoms. The Morgan fingerprint density at radius 1 is 1.35 bits per heavy atom. The van der Waals surface area contributed by atoms with Gasteiger partial charge in [0, 0.05) is 25.6 Å². The minimum absolute atomic E-state index is 0.226. The number of piperidine rings is 1. The molecule has 2 unspecified atom stereocenters. The van der Waals surface area contributed by atoms with Gasteiger partial charge in [-0.25, -0.2) is 4.79 Å². The third-order valence-electron chi connectivity index (χ3n) is 4.47. The van der Waals surface area contributed by atoms with Crippen molar-refractivity contribution in [3.05, 3.63) is 0 Å². The fourth-order valence-corrected chi connectivity index (χ4v) is 3.36. The number of aliphatic hydroxyl groups is 1.